The van der Waals surface area contributed by atoms with E-state index < -0.39 is 0 Å². The van der Waals surface area contributed by atoms with Gasteiger partial charge in [0, 0.05) is 42.1 Å². The molecule has 0 spiro atoms. The number of para-hydroxylation sites is 1. The van der Waals surface area contributed by atoms with E-state index in [0.29, 0.717) is 12.3 Å². The highest BCUT2D eigenvalue weighted by molar-refractivity contribution is 8.00. The number of nitrogens with zero attached hydrogens (tertiary/aromatic N) is 2. The lowest BCUT2D eigenvalue weighted by atomic mass is 9.97. The van der Waals surface area contributed by atoms with Crippen molar-refractivity contribution >= 4 is 34.5 Å². The fraction of sp³-hybridized carbons (Fsp3) is 0.412. The zero-order valence-corrected chi connectivity index (χ0v) is 14.0. The molecule has 1 fully saturated rings. The smallest absolute Gasteiger partial charge is 0.232 e. The van der Waals surface area contributed by atoms with Crippen molar-refractivity contribution in [2.45, 2.75) is 17.7 Å². The third kappa shape index (κ3) is 3.37. The fourth-order valence-corrected chi connectivity index (χ4v) is 4.11. The molecule has 2 heterocycles. The first-order valence-corrected chi connectivity index (χ1v) is 8.79. The van der Waals surface area contributed by atoms with Crippen molar-refractivity contribution in [3.8, 4) is 0 Å². The van der Waals surface area contributed by atoms with E-state index in [0.717, 1.165) is 29.8 Å². The number of amides is 2. The molecule has 6 heteroatoms. The summed E-state index contributed by atoms with van der Waals surface area (Å²) in [5.74, 6) is -0.0344. The number of thioether (sulfide) groups is 1. The summed E-state index contributed by atoms with van der Waals surface area (Å²) >= 11 is 1.55. The van der Waals surface area contributed by atoms with Gasteiger partial charge in [-0.3, -0.25) is 9.59 Å². The van der Waals surface area contributed by atoms with Crippen LogP contribution < -0.4 is 5.73 Å². The molecule has 1 aliphatic rings. The Hall–Kier alpha value is -1.95. The van der Waals surface area contributed by atoms with Crippen LogP contribution in [0.2, 0.25) is 0 Å². The molecule has 1 aromatic carbocycles. The Bertz CT molecular complexity index is 741. The molecule has 0 saturated carbocycles. The molecule has 0 bridgehead atoms. The van der Waals surface area contributed by atoms with E-state index in [1.165, 1.54) is 5.39 Å². The fourth-order valence-electron chi connectivity index (χ4n) is 3.09. The summed E-state index contributed by atoms with van der Waals surface area (Å²) in [6.45, 7) is 1.18. The van der Waals surface area contributed by atoms with Gasteiger partial charge in [-0.25, -0.2) is 0 Å². The van der Waals surface area contributed by atoms with Crippen molar-refractivity contribution in [2.24, 2.45) is 18.7 Å². The first-order valence-electron chi connectivity index (χ1n) is 7.80. The van der Waals surface area contributed by atoms with Crippen LogP contribution in [0.5, 0.6) is 0 Å². The summed E-state index contributed by atoms with van der Waals surface area (Å²) in [4.78, 5) is 26.6. The predicted molar refractivity (Wildman–Crippen MR) is 92.1 cm³/mol. The maximum absolute atomic E-state index is 12.4. The number of aromatic nitrogens is 1. The van der Waals surface area contributed by atoms with Gasteiger partial charge in [0.1, 0.15) is 0 Å². The van der Waals surface area contributed by atoms with E-state index in [2.05, 4.69) is 22.9 Å². The Morgan fingerprint density at radius 1 is 1.35 bits per heavy atom. The van der Waals surface area contributed by atoms with Crippen molar-refractivity contribution in [3.63, 3.8) is 0 Å². The summed E-state index contributed by atoms with van der Waals surface area (Å²) in [5.41, 5.74) is 6.54. The molecule has 3 rings (SSSR count). The lowest BCUT2D eigenvalue weighted by Gasteiger charge is -2.31. The number of piperidine rings is 1. The van der Waals surface area contributed by atoms with Gasteiger partial charge in [-0.2, -0.15) is 0 Å². The summed E-state index contributed by atoms with van der Waals surface area (Å²) < 4.78 is 2.08. The van der Waals surface area contributed by atoms with E-state index in [-0.39, 0.29) is 17.7 Å². The quantitative estimate of drug-likeness (QED) is 0.871. The average molecular weight is 331 g/mol. The third-order valence-corrected chi connectivity index (χ3v) is 5.42. The molecule has 0 radical (unpaired) electrons. The van der Waals surface area contributed by atoms with Crippen molar-refractivity contribution in [3.05, 3.63) is 30.5 Å². The number of hydrogen-bond acceptors (Lipinski definition) is 3. The van der Waals surface area contributed by atoms with E-state index in [9.17, 15) is 9.59 Å². The van der Waals surface area contributed by atoms with E-state index >= 15 is 0 Å². The SMILES string of the molecule is Cn1cc(SCC(=O)N2CCCC(C(N)=O)C2)c2ccccc21. The van der Waals surface area contributed by atoms with Gasteiger partial charge in [-0.1, -0.05) is 18.2 Å². The summed E-state index contributed by atoms with van der Waals surface area (Å²) in [6.07, 6.45) is 3.69. The van der Waals surface area contributed by atoms with Crippen molar-refractivity contribution < 1.29 is 9.59 Å². The lowest BCUT2D eigenvalue weighted by molar-refractivity contribution is -0.132. The second-order valence-corrected chi connectivity index (χ2v) is 7.01. The van der Waals surface area contributed by atoms with Gasteiger partial charge in [-0.15, -0.1) is 11.8 Å². The topological polar surface area (TPSA) is 68.3 Å². The normalized spacial score (nSPS) is 18.3. The van der Waals surface area contributed by atoms with Gasteiger partial charge in [0.25, 0.3) is 0 Å². The minimum atomic E-state index is -0.302. The highest BCUT2D eigenvalue weighted by Gasteiger charge is 2.26. The Balaban J connectivity index is 1.65. The Kier molecular flexibility index (Phi) is 4.61. The highest BCUT2D eigenvalue weighted by atomic mass is 32.2. The number of rotatable bonds is 4. The van der Waals surface area contributed by atoms with E-state index in [4.69, 9.17) is 5.73 Å². The largest absolute Gasteiger partial charge is 0.369 e. The number of primary amides is 1. The monoisotopic (exact) mass is 331 g/mol. The van der Waals surface area contributed by atoms with Crippen molar-refractivity contribution in [1.82, 2.24) is 9.47 Å². The number of aryl methyl sites for hydroxylation is 1. The standard InChI is InChI=1S/C17H21N3O2S/c1-19-10-15(13-6-2-3-7-14(13)19)23-11-16(21)20-8-4-5-12(9-20)17(18)22/h2-3,6-7,10,12H,4-5,8-9,11H2,1H3,(H2,18,22). The van der Waals surface area contributed by atoms with Gasteiger partial charge in [-0.05, 0) is 18.9 Å². The maximum Gasteiger partial charge on any atom is 0.232 e. The molecule has 122 valence electrons. The van der Waals surface area contributed by atoms with Crippen LogP contribution in [0.4, 0.5) is 0 Å². The highest BCUT2D eigenvalue weighted by Crippen LogP contribution is 2.29. The van der Waals surface area contributed by atoms with Gasteiger partial charge < -0.3 is 15.2 Å². The zero-order chi connectivity index (χ0) is 16.4. The molecule has 1 unspecified atom stereocenters. The Labute approximate surface area is 139 Å². The van der Waals surface area contributed by atoms with Crippen LogP contribution in [0.15, 0.2) is 35.4 Å². The van der Waals surface area contributed by atoms with Crippen molar-refractivity contribution in [1.29, 1.82) is 0 Å². The van der Waals surface area contributed by atoms with E-state index in [1.807, 2.05) is 19.2 Å². The Morgan fingerprint density at radius 2 is 2.13 bits per heavy atom. The van der Waals surface area contributed by atoms with E-state index in [1.54, 1.807) is 16.7 Å². The minimum absolute atomic E-state index is 0.0777. The van der Waals surface area contributed by atoms with Crippen LogP contribution in [0.1, 0.15) is 12.8 Å². The second-order valence-electron chi connectivity index (χ2n) is 5.99. The molecular weight excluding hydrogens is 310 g/mol. The molecule has 23 heavy (non-hydrogen) atoms. The number of hydrogen-bond donors (Lipinski definition) is 1. The lowest BCUT2D eigenvalue weighted by Crippen LogP contribution is -2.44. The Morgan fingerprint density at radius 3 is 2.91 bits per heavy atom. The molecule has 1 atom stereocenters. The molecule has 0 aliphatic carbocycles. The van der Waals surface area contributed by atoms with Crippen LogP contribution in [0.25, 0.3) is 10.9 Å². The van der Waals surface area contributed by atoms with Gasteiger partial charge in [0.15, 0.2) is 0 Å². The number of carbonyl (C=O) groups is 2. The first kappa shape index (κ1) is 15.9. The summed E-state index contributed by atoms with van der Waals surface area (Å²) in [7, 11) is 2.01. The number of carbonyl (C=O) groups excluding carboxylic acids is 2. The average Bonchev–Trinajstić information content (AvgIpc) is 2.89. The number of fused-ring (bicyclic) bond motifs is 1. The maximum atomic E-state index is 12.4. The van der Waals surface area contributed by atoms with Gasteiger partial charge >= 0.3 is 0 Å². The molecule has 2 aromatic rings. The van der Waals surface area contributed by atoms with Crippen LogP contribution in [0, 0.1) is 5.92 Å². The van der Waals surface area contributed by atoms with Crippen LogP contribution in [-0.4, -0.2) is 40.1 Å². The molecular formula is C17H21N3O2S. The second kappa shape index (κ2) is 6.66. The third-order valence-electron chi connectivity index (χ3n) is 4.39. The first-order chi connectivity index (χ1) is 11.1. The summed E-state index contributed by atoms with van der Waals surface area (Å²) in [5, 5.41) is 1.17. The predicted octanol–water partition coefficient (Wildman–Crippen LogP) is 1.99. The van der Waals surface area contributed by atoms with Crippen molar-refractivity contribution in [2.75, 3.05) is 18.8 Å². The van der Waals surface area contributed by atoms with Gasteiger partial charge in [0.2, 0.25) is 11.8 Å². The molecule has 1 aromatic heterocycles. The van der Waals surface area contributed by atoms with Gasteiger partial charge in [0.05, 0.1) is 11.7 Å². The molecule has 5 nitrogen and oxygen atoms in total. The van der Waals surface area contributed by atoms with Crippen LogP contribution in [-0.2, 0) is 16.6 Å². The number of benzene rings is 1. The van der Waals surface area contributed by atoms with Crippen LogP contribution >= 0.6 is 11.8 Å². The molecule has 2 N–H and O–H groups in total. The molecule has 2 amide bonds. The molecule has 1 aliphatic heterocycles. The minimum Gasteiger partial charge on any atom is -0.369 e. The van der Waals surface area contributed by atoms with Crippen LogP contribution in [0.3, 0.4) is 0 Å². The number of likely N-dealkylation sites (tertiary alicyclic amines) is 1. The zero-order valence-electron chi connectivity index (χ0n) is 13.2. The number of nitrogens with two attached hydrogens (primary N) is 1. The summed E-state index contributed by atoms with van der Waals surface area (Å²) in [6, 6.07) is 8.17. The molecule has 1 saturated heterocycles.